The van der Waals surface area contributed by atoms with Gasteiger partial charge in [-0.05, 0) is 6.07 Å². The van der Waals surface area contributed by atoms with Gasteiger partial charge in [-0.3, -0.25) is 9.63 Å². The molecule has 5 nitrogen and oxygen atoms in total. The second kappa shape index (κ2) is 5.55. The maximum atomic E-state index is 13.7. The largest absolute Gasteiger partial charge is 0.293 e. The van der Waals surface area contributed by atoms with Crippen LogP contribution in [0.2, 0.25) is 0 Å². The zero-order valence-electron chi connectivity index (χ0n) is 11.5. The Labute approximate surface area is 115 Å². The summed E-state index contributed by atoms with van der Waals surface area (Å²) in [6.45, 7) is 4.62. The summed E-state index contributed by atoms with van der Waals surface area (Å²) >= 11 is 0. The van der Waals surface area contributed by atoms with Gasteiger partial charge in [0.1, 0.15) is 16.5 Å². The normalized spacial score (nSPS) is 12.5. The molecule has 112 valence electrons. The summed E-state index contributed by atoms with van der Waals surface area (Å²) in [5, 5.41) is 0. The van der Waals surface area contributed by atoms with Crippen molar-refractivity contribution in [1.29, 1.82) is 0 Å². The average Bonchev–Trinajstić information content (AvgIpc) is 2.26. The number of sulfonamides is 1. The van der Waals surface area contributed by atoms with Crippen molar-refractivity contribution in [2.45, 2.75) is 25.7 Å². The third-order valence-corrected chi connectivity index (χ3v) is 3.71. The maximum absolute atomic E-state index is 13.7. The fourth-order valence-corrected chi connectivity index (χ4v) is 2.37. The van der Waals surface area contributed by atoms with Crippen LogP contribution in [-0.4, -0.2) is 21.3 Å². The molecule has 8 heteroatoms. The smallest absolute Gasteiger partial charge is 0.265 e. The number of rotatable bonds is 4. The van der Waals surface area contributed by atoms with Gasteiger partial charge >= 0.3 is 0 Å². The number of benzene rings is 1. The Morgan fingerprint density at radius 1 is 1.20 bits per heavy atom. The maximum Gasteiger partial charge on any atom is 0.265 e. The SMILES string of the molecule is CONS(=O)(=O)c1cc(C(=O)C(C)(C)C)c(F)cc1F. The zero-order chi connectivity index (χ0) is 15.7. The van der Waals surface area contributed by atoms with E-state index < -0.39 is 43.3 Å². The van der Waals surface area contributed by atoms with Gasteiger partial charge in [0.2, 0.25) is 0 Å². The van der Waals surface area contributed by atoms with Crippen molar-refractivity contribution in [3.63, 3.8) is 0 Å². The van der Waals surface area contributed by atoms with Gasteiger partial charge in [0.05, 0.1) is 12.7 Å². The quantitative estimate of drug-likeness (QED) is 0.682. The summed E-state index contributed by atoms with van der Waals surface area (Å²) in [6.07, 6.45) is 0. The Hall–Kier alpha value is -1.38. The van der Waals surface area contributed by atoms with Crippen LogP contribution in [0, 0.1) is 17.0 Å². The van der Waals surface area contributed by atoms with E-state index in [0.717, 1.165) is 7.11 Å². The van der Waals surface area contributed by atoms with Crippen LogP contribution in [0.25, 0.3) is 0 Å². The van der Waals surface area contributed by atoms with Gasteiger partial charge in [-0.2, -0.15) is 0 Å². The Balaban J connectivity index is 3.49. The third kappa shape index (κ3) is 3.38. The van der Waals surface area contributed by atoms with Crippen LogP contribution in [0.4, 0.5) is 8.78 Å². The molecular weight excluding hydrogens is 292 g/mol. The van der Waals surface area contributed by atoms with Crippen LogP contribution >= 0.6 is 0 Å². The molecule has 0 aromatic heterocycles. The van der Waals surface area contributed by atoms with Crippen molar-refractivity contribution in [2.75, 3.05) is 7.11 Å². The fourth-order valence-electron chi connectivity index (χ4n) is 1.47. The van der Waals surface area contributed by atoms with E-state index in [1.54, 1.807) is 25.7 Å². The van der Waals surface area contributed by atoms with Crippen molar-refractivity contribution in [2.24, 2.45) is 5.41 Å². The van der Waals surface area contributed by atoms with Gasteiger partial charge < -0.3 is 0 Å². The number of Topliss-reactive ketones (excluding diaryl/α,β-unsaturated/α-hetero) is 1. The molecular formula is C12H15F2NO4S. The number of hydrogen-bond donors (Lipinski definition) is 1. The number of hydrogen-bond acceptors (Lipinski definition) is 4. The van der Waals surface area contributed by atoms with Crippen LogP contribution < -0.4 is 4.89 Å². The van der Waals surface area contributed by atoms with Crippen molar-refractivity contribution in [3.8, 4) is 0 Å². The first-order chi connectivity index (χ1) is 9.00. The number of carbonyl (C=O) groups excluding carboxylic acids is 1. The Morgan fingerprint density at radius 2 is 1.75 bits per heavy atom. The molecule has 20 heavy (non-hydrogen) atoms. The molecule has 1 rings (SSSR count). The Morgan fingerprint density at radius 3 is 2.20 bits per heavy atom. The molecule has 0 aliphatic rings. The molecule has 0 aliphatic heterocycles. The van der Waals surface area contributed by atoms with Gasteiger partial charge in [-0.1, -0.05) is 25.7 Å². The lowest BCUT2D eigenvalue weighted by molar-refractivity contribution is 0.0853. The molecule has 0 fully saturated rings. The summed E-state index contributed by atoms with van der Waals surface area (Å²) in [4.78, 5) is 17.0. The van der Waals surface area contributed by atoms with Crippen molar-refractivity contribution in [3.05, 3.63) is 29.3 Å². The number of ketones is 1. The summed E-state index contributed by atoms with van der Waals surface area (Å²) < 4.78 is 50.6. The fraction of sp³-hybridized carbons (Fsp3) is 0.417. The van der Waals surface area contributed by atoms with E-state index in [2.05, 4.69) is 4.84 Å². The number of halogens is 2. The summed E-state index contributed by atoms with van der Waals surface area (Å²) in [5.74, 6) is -3.06. The topological polar surface area (TPSA) is 72.5 Å². The first kappa shape index (κ1) is 16.7. The van der Waals surface area contributed by atoms with E-state index in [-0.39, 0.29) is 0 Å². The van der Waals surface area contributed by atoms with E-state index >= 15 is 0 Å². The van der Waals surface area contributed by atoms with Gasteiger partial charge in [-0.15, -0.1) is 0 Å². The molecule has 0 heterocycles. The molecule has 1 aromatic rings. The third-order valence-electron chi connectivity index (χ3n) is 2.43. The molecule has 0 spiro atoms. The molecule has 0 amide bonds. The lowest BCUT2D eigenvalue weighted by atomic mass is 9.86. The second-order valence-corrected chi connectivity index (χ2v) is 6.75. The number of carbonyl (C=O) groups is 1. The van der Waals surface area contributed by atoms with E-state index in [4.69, 9.17) is 0 Å². The number of nitrogens with one attached hydrogen (secondary N) is 1. The summed E-state index contributed by atoms with van der Waals surface area (Å²) in [6, 6.07) is 1.03. The molecule has 0 aliphatic carbocycles. The van der Waals surface area contributed by atoms with Crippen LogP contribution in [-0.2, 0) is 14.9 Å². The van der Waals surface area contributed by atoms with E-state index in [9.17, 15) is 22.0 Å². The lowest BCUT2D eigenvalue weighted by Crippen LogP contribution is -2.26. The minimum Gasteiger partial charge on any atom is -0.293 e. The highest BCUT2D eigenvalue weighted by Crippen LogP contribution is 2.26. The first-order valence-corrected chi connectivity index (χ1v) is 7.07. The second-order valence-electron chi connectivity index (χ2n) is 5.13. The van der Waals surface area contributed by atoms with E-state index in [1.807, 2.05) is 0 Å². The van der Waals surface area contributed by atoms with E-state index in [1.165, 1.54) is 0 Å². The Kier molecular flexibility index (Phi) is 4.62. The highest BCUT2D eigenvalue weighted by molar-refractivity contribution is 7.89. The molecule has 0 bridgehead atoms. The lowest BCUT2D eigenvalue weighted by Gasteiger charge is -2.18. The minimum atomic E-state index is -4.33. The minimum absolute atomic E-state index is 0.364. The molecule has 1 aromatic carbocycles. The molecule has 0 atom stereocenters. The molecule has 0 saturated carbocycles. The standard InChI is InChI=1S/C12H15F2NO4S/c1-12(2,3)11(16)7-5-10(9(14)6-8(7)13)20(17,18)15-19-4/h5-6,15H,1-4H3. The van der Waals surface area contributed by atoms with Crippen molar-refractivity contribution >= 4 is 15.8 Å². The molecule has 0 saturated heterocycles. The van der Waals surface area contributed by atoms with Crippen LogP contribution in [0.5, 0.6) is 0 Å². The van der Waals surface area contributed by atoms with Gasteiger partial charge in [-0.25, -0.2) is 17.2 Å². The highest BCUT2D eigenvalue weighted by Gasteiger charge is 2.29. The molecule has 0 radical (unpaired) electrons. The van der Waals surface area contributed by atoms with Gasteiger partial charge in [0.25, 0.3) is 10.0 Å². The molecule has 0 unspecified atom stereocenters. The van der Waals surface area contributed by atoms with Crippen LogP contribution in [0.15, 0.2) is 17.0 Å². The monoisotopic (exact) mass is 307 g/mol. The van der Waals surface area contributed by atoms with E-state index in [0.29, 0.717) is 12.1 Å². The van der Waals surface area contributed by atoms with Crippen molar-refractivity contribution < 1.29 is 26.8 Å². The summed E-state index contributed by atoms with van der Waals surface area (Å²) in [5.41, 5.74) is -1.43. The predicted octanol–water partition coefficient (Wildman–Crippen LogP) is 2.03. The predicted molar refractivity (Wildman–Crippen MR) is 67.5 cm³/mol. The van der Waals surface area contributed by atoms with Crippen molar-refractivity contribution in [1.82, 2.24) is 4.89 Å². The molecule has 1 N–H and O–H groups in total. The first-order valence-electron chi connectivity index (χ1n) is 5.59. The van der Waals surface area contributed by atoms with Crippen LogP contribution in [0.1, 0.15) is 31.1 Å². The summed E-state index contributed by atoms with van der Waals surface area (Å²) in [7, 11) is -3.30. The Bertz CT molecular complexity index is 636. The van der Waals surface area contributed by atoms with Gasteiger partial charge in [0.15, 0.2) is 5.78 Å². The van der Waals surface area contributed by atoms with Gasteiger partial charge in [0, 0.05) is 11.5 Å². The average molecular weight is 307 g/mol. The highest BCUT2D eigenvalue weighted by atomic mass is 32.2. The zero-order valence-corrected chi connectivity index (χ0v) is 12.3. The van der Waals surface area contributed by atoms with Crippen LogP contribution in [0.3, 0.4) is 0 Å².